The number of anilines is 2. The number of nitrogens with two attached hydrogens (primary N) is 2. The molecule has 8 nitrogen and oxygen atoms in total. The maximum atomic E-state index is 6.35. The first-order valence-electron chi connectivity index (χ1n) is 8.34. The summed E-state index contributed by atoms with van der Waals surface area (Å²) in [5.41, 5.74) is 9.63. The van der Waals surface area contributed by atoms with Gasteiger partial charge in [-0.1, -0.05) is 11.6 Å². The van der Waals surface area contributed by atoms with Gasteiger partial charge in [0, 0.05) is 35.3 Å². The highest BCUT2D eigenvalue weighted by Gasteiger charge is 2.34. The molecule has 3 heterocycles. The minimum Gasteiger partial charge on any atom is -0.496 e. The van der Waals surface area contributed by atoms with Crippen LogP contribution >= 0.6 is 11.6 Å². The number of aryl methyl sites for hydroxylation is 1. The van der Waals surface area contributed by atoms with Gasteiger partial charge in [-0.2, -0.15) is 4.98 Å². The number of methoxy groups -OCH3 is 1. The summed E-state index contributed by atoms with van der Waals surface area (Å²) >= 11 is 6.35. The predicted molar refractivity (Wildman–Crippen MR) is 100 cm³/mol. The number of rotatable bonds is 6. The van der Waals surface area contributed by atoms with Gasteiger partial charge in [0.1, 0.15) is 16.7 Å². The Morgan fingerprint density at radius 2 is 2.12 bits per heavy atom. The summed E-state index contributed by atoms with van der Waals surface area (Å²) in [5, 5.41) is 0.378. The quantitative estimate of drug-likeness (QED) is 0.580. The van der Waals surface area contributed by atoms with Crippen molar-refractivity contribution in [1.82, 2.24) is 15.0 Å². The van der Waals surface area contributed by atoms with Crippen LogP contribution in [0.2, 0.25) is 5.15 Å². The highest BCUT2D eigenvalue weighted by atomic mass is 35.5. The number of nitrogens with zero attached hydrogens (tertiary/aromatic N) is 4. The fourth-order valence-electron chi connectivity index (χ4n) is 3.48. The Hall–Kier alpha value is -2.16. The van der Waals surface area contributed by atoms with Crippen molar-refractivity contribution in [3.8, 4) is 5.75 Å². The second kappa shape index (κ2) is 7.61. The molecular formula is C17H23ClN6O2. The molecule has 0 aliphatic carbocycles. The highest BCUT2D eigenvalue weighted by molar-refractivity contribution is 6.30. The fraction of sp³-hybridized carbons (Fsp3) is 0.471. The summed E-state index contributed by atoms with van der Waals surface area (Å²) in [6, 6.07) is 0. The summed E-state index contributed by atoms with van der Waals surface area (Å²) in [6.45, 7) is 5.70. The van der Waals surface area contributed by atoms with Crippen LogP contribution in [0.15, 0.2) is 6.20 Å². The van der Waals surface area contributed by atoms with Crippen LogP contribution < -0.4 is 21.3 Å². The molecule has 0 radical (unpaired) electrons. The van der Waals surface area contributed by atoms with Crippen molar-refractivity contribution in [1.29, 1.82) is 0 Å². The molecule has 1 aliphatic heterocycles. The SMILES string of the molecule is COc1c(C)cnc(CN2CC(CCON)c3c(Cl)nc(N)nc32)c1C. The Morgan fingerprint density at radius 3 is 2.81 bits per heavy atom. The number of fused-ring (bicyclic) bond motifs is 1. The molecule has 1 atom stereocenters. The number of nitrogen functional groups attached to an aromatic ring is 1. The average molecular weight is 379 g/mol. The van der Waals surface area contributed by atoms with Crippen molar-refractivity contribution in [3.05, 3.63) is 33.7 Å². The monoisotopic (exact) mass is 378 g/mol. The molecule has 0 saturated heterocycles. The smallest absolute Gasteiger partial charge is 0.223 e. The minimum absolute atomic E-state index is 0.120. The number of hydrogen-bond acceptors (Lipinski definition) is 8. The summed E-state index contributed by atoms with van der Waals surface area (Å²) in [6.07, 6.45) is 2.54. The number of ether oxygens (including phenoxy) is 1. The Morgan fingerprint density at radius 1 is 1.35 bits per heavy atom. The fourth-order valence-corrected chi connectivity index (χ4v) is 3.80. The topological polar surface area (TPSA) is 112 Å². The molecule has 0 fully saturated rings. The third-order valence-corrected chi connectivity index (χ3v) is 5.01. The van der Waals surface area contributed by atoms with Crippen molar-refractivity contribution >= 4 is 23.4 Å². The first-order valence-corrected chi connectivity index (χ1v) is 8.72. The van der Waals surface area contributed by atoms with E-state index in [9.17, 15) is 0 Å². The molecule has 3 rings (SSSR count). The third-order valence-electron chi connectivity index (χ3n) is 4.72. The maximum Gasteiger partial charge on any atom is 0.223 e. The van der Waals surface area contributed by atoms with Gasteiger partial charge in [-0.25, -0.2) is 10.9 Å². The van der Waals surface area contributed by atoms with Crippen LogP contribution in [0.4, 0.5) is 11.8 Å². The summed E-state index contributed by atoms with van der Waals surface area (Å²) < 4.78 is 5.51. The van der Waals surface area contributed by atoms with E-state index < -0.39 is 0 Å². The van der Waals surface area contributed by atoms with E-state index in [1.807, 2.05) is 20.0 Å². The summed E-state index contributed by atoms with van der Waals surface area (Å²) in [5.74, 6) is 7.06. The standard InChI is InChI=1S/C17H23ClN6O2/c1-9-6-21-12(10(2)14(9)25-3)8-24-7-11(4-5-26-20)13-15(18)22-17(19)23-16(13)24/h6,11H,4-5,7-8,20H2,1-3H3,(H2,19,22,23). The second-order valence-corrected chi connectivity index (χ2v) is 6.75. The highest BCUT2D eigenvalue weighted by Crippen LogP contribution is 2.41. The van der Waals surface area contributed by atoms with Crippen molar-refractivity contribution in [2.75, 3.05) is 30.9 Å². The molecule has 4 N–H and O–H groups in total. The van der Waals surface area contributed by atoms with Gasteiger partial charge in [-0.05, 0) is 20.3 Å². The van der Waals surface area contributed by atoms with Gasteiger partial charge in [-0.3, -0.25) is 4.98 Å². The first kappa shape index (κ1) is 18.6. The number of pyridine rings is 1. The van der Waals surface area contributed by atoms with Gasteiger partial charge in [0.25, 0.3) is 0 Å². The van der Waals surface area contributed by atoms with E-state index in [2.05, 4.69) is 19.9 Å². The van der Waals surface area contributed by atoms with E-state index in [1.54, 1.807) is 7.11 Å². The average Bonchev–Trinajstić information content (AvgIpc) is 2.93. The molecule has 26 heavy (non-hydrogen) atoms. The van der Waals surface area contributed by atoms with E-state index in [0.717, 1.165) is 40.4 Å². The molecule has 0 bridgehead atoms. The van der Waals surface area contributed by atoms with Crippen LogP contribution in [-0.4, -0.2) is 35.2 Å². The lowest BCUT2D eigenvalue weighted by molar-refractivity contribution is 0.131. The number of aromatic nitrogens is 3. The van der Waals surface area contributed by atoms with Gasteiger partial charge in [0.2, 0.25) is 5.95 Å². The van der Waals surface area contributed by atoms with E-state index in [0.29, 0.717) is 24.8 Å². The molecule has 2 aromatic heterocycles. The lowest BCUT2D eigenvalue weighted by atomic mass is 10.0. The molecule has 0 saturated carbocycles. The molecule has 0 amide bonds. The van der Waals surface area contributed by atoms with Gasteiger partial charge in [-0.15, -0.1) is 0 Å². The minimum atomic E-state index is 0.120. The van der Waals surface area contributed by atoms with Crippen LogP contribution in [0, 0.1) is 13.8 Å². The van der Waals surface area contributed by atoms with E-state index >= 15 is 0 Å². The van der Waals surface area contributed by atoms with E-state index in [1.165, 1.54) is 0 Å². The van der Waals surface area contributed by atoms with Gasteiger partial charge < -0.3 is 20.2 Å². The maximum absolute atomic E-state index is 6.35. The molecule has 0 spiro atoms. The zero-order valence-corrected chi connectivity index (χ0v) is 15.9. The Labute approximate surface area is 157 Å². The van der Waals surface area contributed by atoms with Gasteiger partial charge in [0.15, 0.2) is 0 Å². The van der Waals surface area contributed by atoms with Crippen molar-refractivity contribution < 1.29 is 9.57 Å². The largest absolute Gasteiger partial charge is 0.496 e. The Bertz CT molecular complexity index is 816. The van der Waals surface area contributed by atoms with Crippen molar-refractivity contribution in [2.24, 2.45) is 5.90 Å². The van der Waals surface area contributed by atoms with Crippen LogP contribution in [0.25, 0.3) is 0 Å². The second-order valence-electron chi connectivity index (χ2n) is 6.39. The zero-order chi connectivity index (χ0) is 18.8. The number of hydrogen-bond donors (Lipinski definition) is 2. The molecule has 0 aromatic carbocycles. The molecule has 1 aliphatic rings. The first-order chi connectivity index (χ1) is 12.5. The summed E-state index contributed by atoms with van der Waals surface area (Å²) in [7, 11) is 1.67. The van der Waals surface area contributed by atoms with Gasteiger partial charge in [0.05, 0.1) is 26.0 Å². The van der Waals surface area contributed by atoms with Crippen molar-refractivity contribution in [2.45, 2.75) is 32.7 Å². The lowest BCUT2D eigenvalue weighted by Crippen LogP contribution is -2.24. The van der Waals surface area contributed by atoms with Crippen LogP contribution in [0.5, 0.6) is 5.75 Å². The van der Waals surface area contributed by atoms with Gasteiger partial charge >= 0.3 is 0 Å². The molecule has 2 aromatic rings. The lowest BCUT2D eigenvalue weighted by Gasteiger charge is -2.21. The molecule has 1 unspecified atom stereocenters. The van der Waals surface area contributed by atoms with Crippen LogP contribution in [-0.2, 0) is 11.4 Å². The van der Waals surface area contributed by atoms with Crippen LogP contribution in [0.3, 0.4) is 0 Å². The number of halogens is 1. The Kier molecular flexibility index (Phi) is 5.45. The Balaban J connectivity index is 1.95. The van der Waals surface area contributed by atoms with E-state index in [-0.39, 0.29) is 11.9 Å². The predicted octanol–water partition coefficient (Wildman–Crippen LogP) is 2.12. The third kappa shape index (κ3) is 3.40. The molecule has 9 heteroatoms. The van der Waals surface area contributed by atoms with E-state index in [4.69, 9.17) is 32.8 Å². The van der Waals surface area contributed by atoms with Crippen molar-refractivity contribution in [3.63, 3.8) is 0 Å². The normalized spacial score (nSPS) is 16.0. The zero-order valence-electron chi connectivity index (χ0n) is 15.1. The van der Waals surface area contributed by atoms with Crippen LogP contribution in [0.1, 0.15) is 34.7 Å². The molecular weight excluding hydrogens is 356 g/mol. The molecule has 140 valence electrons. The summed E-state index contributed by atoms with van der Waals surface area (Å²) in [4.78, 5) is 20.0.